The van der Waals surface area contributed by atoms with Crippen LogP contribution in [-0.4, -0.2) is 18.7 Å². The lowest BCUT2D eigenvalue weighted by Crippen LogP contribution is -2.03. The fraction of sp³-hybridized carbons (Fsp3) is 0.273. The number of hydrogen-bond acceptors (Lipinski definition) is 2. The Bertz CT molecular complexity index is 305. The minimum Gasteiger partial charge on any atom is -0.508 e. The van der Waals surface area contributed by atoms with Crippen LogP contribution in [0, 0.1) is 6.92 Å². The smallest absolute Gasteiger partial charge is 0.119 e. The third-order valence-electron chi connectivity index (χ3n) is 1.97. The Morgan fingerprint density at radius 3 is 2.92 bits per heavy atom. The van der Waals surface area contributed by atoms with Crippen LogP contribution < -0.4 is 5.32 Å². The summed E-state index contributed by atoms with van der Waals surface area (Å²) in [6.07, 6.45) is 4.04. The molecule has 2 N–H and O–H groups in total. The number of aromatic hydroxyl groups is 1. The minimum atomic E-state index is 0.353. The number of phenols is 1. The van der Waals surface area contributed by atoms with Gasteiger partial charge in [-0.2, -0.15) is 0 Å². The van der Waals surface area contributed by atoms with E-state index in [0.29, 0.717) is 5.75 Å². The molecule has 0 unspecified atom stereocenters. The zero-order valence-electron chi connectivity index (χ0n) is 8.04. The summed E-state index contributed by atoms with van der Waals surface area (Å²) < 4.78 is 0. The van der Waals surface area contributed by atoms with Gasteiger partial charge in [0.05, 0.1) is 0 Å². The molecule has 0 radical (unpaired) electrons. The predicted molar refractivity (Wildman–Crippen MR) is 55.8 cm³/mol. The van der Waals surface area contributed by atoms with Crippen molar-refractivity contribution >= 4 is 6.08 Å². The third kappa shape index (κ3) is 2.60. The second-order valence-electron chi connectivity index (χ2n) is 2.95. The molecule has 1 rings (SSSR count). The largest absolute Gasteiger partial charge is 0.508 e. The van der Waals surface area contributed by atoms with Crippen LogP contribution in [0.25, 0.3) is 6.08 Å². The van der Waals surface area contributed by atoms with Crippen LogP contribution in [0.1, 0.15) is 11.1 Å². The summed E-state index contributed by atoms with van der Waals surface area (Å²) in [5, 5.41) is 12.4. The van der Waals surface area contributed by atoms with Crippen molar-refractivity contribution in [2.45, 2.75) is 6.92 Å². The summed E-state index contributed by atoms with van der Waals surface area (Å²) in [4.78, 5) is 0. The average molecular weight is 177 g/mol. The maximum atomic E-state index is 9.41. The SMILES string of the molecule is CNCC=Cc1cccc(O)c1C. The van der Waals surface area contributed by atoms with Gasteiger partial charge in [0.25, 0.3) is 0 Å². The van der Waals surface area contributed by atoms with Crippen molar-refractivity contribution in [1.82, 2.24) is 5.32 Å². The number of nitrogens with one attached hydrogen (secondary N) is 1. The lowest BCUT2D eigenvalue weighted by atomic mass is 10.1. The Balaban J connectivity index is 2.83. The summed E-state index contributed by atoms with van der Waals surface area (Å²) in [7, 11) is 1.90. The van der Waals surface area contributed by atoms with Crippen molar-refractivity contribution in [3.8, 4) is 5.75 Å². The highest BCUT2D eigenvalue weighted by molar-refractivity contribution is 5.57. The lowest BCUT2D eigenvalue weighted by molar-refractivity contribution is 0.471. The number of rotatable bonds is 3. The quantitative estimate of drug-likeness (QED) is 0.739. The van der Waals surface area contributed by atoms with Gasteiger partial charge < -0.3 is 10.4 Å². The molecule has 1 aromatic carbocycles. The molecule has 0 fully saturated rings. The Morgan fingerprint density at radius 2 is 2.23 bits per heavy atom. The molecular formula is C11H15NO. The maximum Gasteiger partial charge on any atom is 0.119 e. The molecule has 1 aromatic rings. The fourth-order valence-corrected chi connectivity index (χ4v) is 1.13. The van der Waals surface area contributed by atoms with E-state index in [-0.39, 0.29) is 0 Å². The Morgan fingerprint density at radius 1 is 1.46 bits per heavy atom. The second-order valence-corrected chi connectivity index (χ2v) is 2.95. The van der Waals surface area contributed by atoms with Gasteiger partial charge in [-0.3, -0.25) is 0 Å². The predicted octanol–water partition coefficient (Wildman–Crippen LogP) is 1.93. The molecule has 70 valence electrons. The highest BCUT2D eigenvalue weighted by Gasteiger charge is 1.97. The van der Waals surface area contributed by atoms with E-state index in [0.717, 1.165) is 17.7 Å². The van der Waals surface area contributed by atoms with Gasteiger partial charge in [0.1, 0.15) is 5.75 Å². The Labute approximate surface area is 78.9 Å². The Hall–Kier alpha value is -1.28. The first kappa shape index (κ1) is 9.81. The van der Waals surface area contributed by atoms with E-state index in [2.05, 4.69) is 5.32 Å². The van der Waals surface area contributed by atoms with Crippen LogP contribution in [0.3, 0.4) is 0 Å². The summed E-state index contributed by atoms with van der Waals surface area (Å²) >= 11 is 0. The van der Waals surface area contributed by atoms with Crippen LogP contribution in [0.2, 0.25) is 0 Å². The van der Waals surface area contributed by atoms with Crippen molar-refractivity contribution in [3.05, 3.63) is 35.4 Å². The molecule has 13 heavy (non-hydrogen) atoms. The van der Waals surface area contributed by atoms with Gasteiger partial charge in [-0.15, -0.1) is 0 Å². The molecule has 0 aliphatic heterocycles. The van der Waals surface area contributed by atoms with Gasteiger partial charge in [-0.05, 0) is 31.2 Å². The highest BCUT2D eigenvalue weighted by atomic mass is 16.3. The van der Waals surface area contributed by atoms with Gasteiger partial charge in [-0.25, -0.2) is 0 Å². The molecule has 0 bridgehead atoms. The first-order valence-electron chi connectivity index (χ1n) is 4.35. The van der Waals surface area contributed by atoms with E-state index >= 15 is 0 Å². The first-order valence-corrected chi connectivity index (χ1v) is 4.35. The monoisotopic (exact) mass is 177 g/mol. The van der Waals surface area contributed by atoms with E-state index in [9.17, 15) is 5.11 Å². The third-order valence-corrected chi connectivity index (χ3v) is 1.97. The molecule has 0 aromatic heterocycles. The standard InChI is InChI=1S/C11H15NO/c1-9-10(6-4-8-12-2)5-3-7-11(9)13/h3-7,12-13H,8H2,1-2H3. The molecule has 0 aliphatic rings. The lowest BCUT2D eigenvalue weighted by Gasteiger charge is -2.01. The Kier molecular flexibility index (Phi) is 3.53. The molecule has 0 spiro atoms. The van der Waals surface area contributed by atoms with Crippen LogP contribution in [0.5, 0.6) is 5.75 Å². The summed E-state index contributed by atoms with van der Waals surface area (Å²) in [5.41, 5.74) is 1.99. The van der Waals surface area contributed by atoms with Crippen LogP contribution in [0.4, 0.5) is 0 Å². The van der Waals surface area contributed by atoms with Gasteiger partial charge in [0, 0.05) is 6.54 Å². The second kappa shape index (κ2) is 4.67. The fourth-order valence-electron chi connectivity index (χ4n) is 1.13. The van der Waals surface area contributed by atoms with Gasteiger partial charge >= 0.3 is 0 Å². The van der Waals surface area contributed by atoms with Crippen molar-refractivity contribution in [2.75, 3.05) is 13.6 Å². The van der Waals surface area contributed by atoms with E-state index in [1.807, 2.05) is 38.3 Å². The maximum absolute atomic E-state index is 9.41. The summed E-state index contributed by atoms with van der Waals surface area (Å²) in [5.74, 6) is 0.353. The summed E-state index contributed by atoms with van der Waals surface area (Å²) in [6.45, 7) is 2.75. The van der Waals surface area contributed by atoms with Crippen molar-refractivity contribution < 1.29 is 5.11 Å². The normalized spacial score (nSPS) is 10.9. The number of likely N-dealkylation sites (N-methyl/N-ethyl adjacent to an activating group) is 1. The van der Waals surface area contributed by atoms with E-state index < -0.39 is 0 Å². The zero-order chi connectivity index (χ0) is 9.68. The van der Waals surface area contributed by atoms with Gasteiger partial charge in [0.15, 0.2) is 0 Å². The first-order chi connectivity index (χ1) is 6.25. The molecule has 0 amide bonds. The summed E-state index contributed by atoms with van der Waals surface area (Å²) in [6, 6.07) is 5.54. The van der Waals surface area contributed by atoms with E-state index in [1.165, 1.54) is 0 Å². The molecule has 0 heterocycles. The van der Waals surface area contributed by atoms with Crippen molar-refractivity contribution in [3.63, 3.8) is 0 Å². The molecule has 0 saturated carbocycles. The zero-order valence-corrected chi connectivity index (χ0v) is 8.04. The number of phenolic OH excluding ortho intramolecular Hbond substituents is 1. The van der Waals surface area contributed by atoms with E-state index in [1.54, 1.807) is 6.07 Å². The molecule has 2 nitrogen and oxygen atoms in total. The van der Waals surface area contributed by atoms with Gasteiger partial charge in [-0.1, -0.05) is 24.3 Å². The van der Waals surface area contributed by atoms with Crippen LogP contribution in [0.15, 0.2) is 24.3 Å². The average Bonchev–Trinajstić information content (AvgIpc) is 2.13. The van der Waals surface area contributed by atoms with Crippen LogP contribution >= 0.6 is 0 Å². The van der Waals surface area contributed by atoms with Crippen molar-refractivity contribution in [1.29, 1.82) is 0 Å². The molecule has 0 aliphatic carbocycles. The number of hydrogen-bond donors (Lipinski definition) is 2. The molecule has 2 heteroatoms. The minimum absolute atomic E-state index is 0.353. The van der Waals surface area contributed by atoms with E-state index in [4.69, 9.17) is 0 Å². The van der Waals surface area contributed by atoms with Crippen LogP contribution in [-0.2, 0) is 0 Å². The molecule has 0 atom stereocenters. The van der Waals surface area contributed by atoms with Crippen molar-refractivity contribution in [2.24, 2.45) is 0 Å². The molecular weight excluding hydrogens is 162 g/mol. The highest BCUT2D eigenvalue weighted by Crippen LogP contribution is 2.20. The van der Waals surface area contributed by atoms with Gasteiger partial charge in [0.2, 0.25) is 0 Å². The molecule has 0 saturated heterocycles. The number of benzene rings is 1. The topological polar surface area (TPSA) is 32.3 Å².